The highest BCUT2D eigenvalue weighted by atomic mass is 32.1. The van der Waals surface area contributed by atoms with Crippen LogP contribution in [0.4, 0.5) is 9.18 Å². The molecule has 8 heteroatoms. The van der Waals surface area contributed by atoms with Crippen molar-refractivity contribution < 1.29 is 18.7 Å². The average Bonchev–Trinajstić information content (AvgIpc) is 3.19. The van der Waals surface area contributed by atoms with Crippen LogP contribution in [-0.4, -0.2) is 63.9 Å². The summed E-state index contributed by atoms with van der Waals surface area (Å²) >= 11 is 1.49. The zero-order valence-electron chi connectivity index (χ0n) is 19.0. The Morgan fingerprint density at radius 1 is 1.34 bits per heavy atom. The Hall–Kier alpha value is -1.41. The number of rotatable bonds is 7. The minimum absolute atomic E-state index is 0.00536. The molecule has 0 aromatic carbocycles. The molecule has 166 valence electrons. The van der Waals surface area contributed by atoms with Crippen LogP contribution in [0.15, 0.2) is 6.20 Å². The average molecular weight is 430 g/mol. The number of hydrogen-bond donors (Lipinski definition) is 0. The zero-order valence-corrected chi connectivity index (χ0v) is 19.8. The fourth-order valence-electron chi connectivity index (χ4n) is 3.34. The van der Waals surface area contributed by atoms with Gasteiger partial charge in [0.1, 0.15) is 22.4 Å². The van der Waals surface area contributed by atoms with Crippen LogP contribution in [0, 0.1) is 0 Å². The highest BCUT2D eigenvalue weighted by Gasteiger charge is 2.32. The van der Waals surface area contributed by atoms with E-state index in [9.17, 15) is 9.18 Å². The molecular formula is C21H36FN3O3S. The van der Waals surface area contributed by atoms with E-state index in [-0.39, 0.29) is 24.3 Å². The fourth-order valence-corrected chi connectivity index (χ4v) is 4.25. The smallest absolute Gasteiger partial charge is 0.410 e. The predicted octanol–water partition coefficient (Wildman–Crippen LogP) is 5.05. The molecule has 1 saturated heterocycles. The van der Waals surface area contributed by atoms with Crippen molar-refractivity contribution in [2.24, 2.45) is 0 Å². The van der Waals surface area contributed by atoms with Gasteiger partial charge in [-0.2, -0.15) is 0 Å². The van der Waals surface area contributed by atoms with Gasteiger partial charge in [0.15, 0.2) is 5.06 Å². The van der Waals surface area contributed by atoms with Crippen molar-refractivity contribution in [2.75, 3.05) is 19.6 Å². The number of nitrogens with zero attached hydrogens (tertiary/aromatic N) is 3. The van der Waals surface area contributed by atoms with Crippen molar-refractivity contribution in [2.45, 2.75) is 91.3 Å². The molecule has 0 aliphatic carbocycles. The molecule has 2 atom stereocenters. The lowest BCUT2D eigenvalue weighted by Crippen LogP contribution is -2.41. The third kappa shape index (κ3) is 7.41. The lowest BCUT2D eigenvalue weighted by Gasteiger charge is -2.34. The summed E-state index contributed by atoms with van der Waals surface area (Å²) in [6.07, 6.45) is 2.11. The van der Waals surface area contributed by atoms with E-state index in [4.69, 9.17) is 9.47 Å². The molecule has 0 radical (unpaired) electrons. The molecule has 1 fully saturated rings. The van der Waals surface area contributed by atoms with Crippen LogP contribution in [-0.2, 0) is 4.74 Å². The number of amides is 1. The van der Waals surface area contributed by atoms with Gasteiger partial charge in [-0.15, -0.1) is 0 Å². The topological polar surface area (TPSA) is 54.9 Å². The van der Waals surface area contributed by atoms with Crippen molar-refractivity contribution in [1.29, 1.82) is 0 Å². The molecule has 2 heterocycles. The monoisotopic (exact) mass is 429 g/mol. The van der Waals surface area contributed by atoms with Gasteiger partial charge in [0.05, 0.1) is 18.8 Å². The number of thiazole rings is 1. The Morgan fingerprint density at radius 2 is 2.00 bits per heavy atom. The maximum atomic E-state index is 14.2. The van der Waals surface area contributed by atoms with Crippen molar-refractivity contribution in [1.82, 2.24) is 14.8 Å². The minimum Gasteiger partial charge on any atom is -0.477 e. The second-order valence-electron chi connectivity index (χ2n) is 9.63. The first kappa shape index (κ1) is 23.9. The Morgan fingerprint density at radius 3 is 2.55 bits per heavy atom. The van der Waals surface area contributed by atoms with Crippen LogP contribution >= 0.6 is 11.3 Å². The first-order chi connectivity index (χ1) is 13.2. The molecular weight excluding hydrogens is 393 g/mol. The summed E-state index contributed by atoms with van der Waals surface area (Å²) in [4.78, 5) is 20.5. The van der Waals surface area contributed by atoms with E-state index in [1.54, 1.807) is 24.9 Å². The molecule has 0 N–H and O–H groups in total. The molecule has 1 aromatic heterocycles. The van der Waals surface area contributed by atoms with E-state index in [0.717, 1.165) is 16.5 Å². The molecule has 0 spiro atoms. The molecule has 1 aliphatic rings. The van der Waals surface area contributed by atoms with Gasteiger partial charge in [-0.05, 0) is 55.4 Å². The number of carbonyl (C=O) groups is 1. The Kier molecular flexibility index (Phi) is 7.54. The zero-order chi connectivity index (χ0) is 22.0. The van der Waals surface area contributed by atoms with Crippen LogP contribution in [0.2, 0.25) is 0 Å². The Labute approximate surface area is 178 Å². The number of alkyl halides is 1. The highest BCUT2D eigenvalue weighted by Crippen LogP contribution is 2.33. The maximum absolute atomic E-state index is 14.2. The first-order valence-electron chi connectivity index (χ1n) is 10.3. The third-order valence-electron chi connectivity index (χ3n) is 4.66. The fraction of sp³-hybridized carbons (Fsp3) is 0.810. The highest BCUT2D eigenvalue weighted by molar-refractivity contribution is 7.13. The van der Waals surface area contributed by atoms with Crippen molar-refractivity contribution in [3.8, 4) is 5.06 Å². The number of aromatic nitrogens is 1. The lowest BCUT2D eigenvalue weighted by molar-refractivity contribution is 0.0276. The van der Waals surface area contributed by atoms with E-state index in [0.29, 0.717) is 19.6 Å². The number of carbonyl (C=O) groups excluding carboxylic acids is 1. The van der Waals surface area contributed by atoms with E-state index in [1.807, 2.05) is 27.7 Å². The second-order valence-corrected chi connectivity index (χ2v) is 10.7. The predicted molar refractivity (Wildman–Crippen MR) is 114 cm³/mol. The molecule has 0 unspecified atom stereocenters. The standard InChI is InChI=1S/C21H36FN3O3S/c1-14(2)25(13-21(7,8)22)15(3)18-23-11-17(29-18)27-16-9-10-24(12-16)19(26)28-20(4,5)6/h11,14-16H,9-10,12-13H2,1-8H3/t15-,16+/m0/s1. The summed E-state index contributed by atoms with van der Waals surface area (Å²) in [7, 11) is 0. The molecule has 2 rings (SSSR count). The number of likely N-dealkylation sites (tertiary alicyclic amines) is 1. The molecule has 0 saturated carbocycles. The van der Waals surface area contributed by atoms with E-state index in [1.165, 1.54) is 11.3 Å². The molecule has 0 bridgehead atoms. The number of ether oxygens (including phenoxy) is 2. The van der Waals surface area contributed by atoms with Crippen LogP contribution in [0.5, 0.6) is 5.06 Å². The van der Waals surface area contributed by atoms with Gasteiger partial charge in [-0.1, -0.05) is 11.3 Å². The molecule has 6 nitrogen and oxygen atoms in total. The van der Waals surface area contributed by atoms with Gasteiger partial charge in [-0.3, -0.25) is 4.90 Å². The van der Waals surface area contributed by atoms with E-state index in [2.05, 4.69) is 23.7 Å². The summed E-state index contributed by atoms with van der Waals surface area (Å²) < 4.78 is 25.7. The van der Waals surface area contributed by atoms with E-state index < -0.39 is 11.3 Å². The SMILES string of the molecule is CC(C)N(CC(C)(C)F)[C@@H](C)c1ncc(O[C@@H]2CCN(C(=O)OC(C)(C)C)C2)s1. The van der Waals surface area contributed by atoms with Crippen molar-refractivity contribution in [3.05, 3.63) is 11.2 Å². The largest absolute Gasteiger partial charge is 0.477 e. The molecule has 1 amide bonds. The van der Waals surface area contributed by atoms with Gasteiger partial charge in [0.25, 0.3) is 0 Å². The Balaban J connectivity index is 1.96. The van der Waals surface area contributed by atoms with Gasteiger partial charge in [-0.25, -0.2) is 14.2 Å². The van der Waals surface area contributed by atoms with Crippen LogP contribution in [0.1, 0.15) is 72.9 Å². The number of halogens is 1. The van der Waals surface area contributed by atoms with Gasteiger partial charge >= 0.3 is 6.09 Å². The molecule has 1 aliphatic heterocycles. The normalized spacial score (nSPS) is 19.1. The lowest BCUT2D eigenvalue weighted by atomic mass is 10.1. The van der Waals surface area contributed by atoms with Crippen LogP contribution < -0.4 is 4.74 Å². The summed E-state index contributed by atoms with van der Waals surface area (Å²) in [6, 6.07) is 0.194. The van der Waals surface area contributed by atoms with Gasteiger partial charge < -0.3 is 14.4 Å². The summed E-state index contributed by atoms with van der Waals surface area (Å²) in [5, 5.41) is 1.63. The summed E-state index contributed by atoms with van der Waals surface area (Å²) in [6.45, 7) is 16.4. The second kappa shape index (κ2) is 9.16. The summed E-state index contributed by atoms with van der Waals surface area (Å²) in [5.74, 6) is 0. The van der Waals surface area contributed by atoms with Crippen LogP contribution in [0.25, 0.3) is 0 Å². The van der Waals surface area contributed by atoms with Gasteiger partial charge in [0.2, 0.25) is 0 Å². The third-order valence-corrected chi connectivity index (χ3v) is 5.72. The minimum atomic E-state index is -1.27. The maximum Gasteiger partial charge on any atom is 0.410 e. The molecule has 1 aromatic rings. The Bertz CT molecular complexity index is 681. The van der Waals surface area contributed by atoms with Gasteiger partial charge in [0, 0.05) is 25.6 Å². The molecule has 29 heavy (non-hydrogen) atoms. The van der Waals surface area contributed by atoms with Crippen molar-refractivity contribution >= 4 is 17.4 Å². The number of hydrogen-bond acceptors (Lipinski definition) is 6. The first-order valence-corrected chi connectivity index (χ1v) is 11.1. The van der Waals surface area contributed by atoms with E-state index >= 15 is 0 Å². The summed E-state index contributed by atoms with van der Waals surface area (Å²) in [5.41, 5.74) is -1.78. The van der Waals surface area contributed by atoms with Crippen molar-refractivity contribution in [3.63, 3.8) is 0 Å². The quantitative estimate of drug-likeness (QED) is 0.607. The van der Waals surface area contributed by atoms with Crippen LogP contribution in [0.3, 0.4) is 0 Å².